The lowest BCUT2D eigenvalue weighted by Gasteiger charge is -2.26. The van der Waals surface area contributed by atoms with E-state index in [0.29, 0.717) is 19.3 Å². The van der Waals surface area contributed by atoms with E-state index in [2.05, 4.69) is 0 Å². The molecule has 1 aromatic rings. The number of sulfonamides is 1. The summed E-state index contributed by atoms with van der Waals surface area (Å²) in [6.45, 7) is -0.0244. The minimum Gasteiger partial charge on any atom is -0.480 e. The highest BCUT2D eigenvalue weighted by Crippen LogP contribution is 2.35. The number of aliphatic carboxylic acids is 1. The first-order valence-electron chi connectivity index (χ1n) is 8.12. The van der Waals surface area contributed by atoms with Crippen molar-refractivity contribution in [2.45, 2.75) is 36.4 Å². The van der Waals surface area contributed by atoms with Crippen molar-refractivity contribution in [3.63, 3.8) is 0 Å². The van der Waals surface area contributed by atoms with Gasteiger partial charge in [0, 0.05) is 19.1 Å². The van der Waals surface area contributed by atoms with Crippen LogP contribution < -0.4 is 0 Å². The van der Waals surface area contributed by atoms with Crippen molar-refractivity contribution in [2.75, 3.05) is 26.7 Å². The molecule has 0 radical (unpaired) electrons. The molecule has 1 aliphatic heterocycles. The Morgan fingerprint density at radius 2 is 1.92 bits per heavy atom. The summed E-state index contributed by atoms with van der Waals surface area (Å²) in [5.74, 6) is -0.986. The molecular formula is C16H21F3N2O4S. The first-order valence-corrected chi connectivity index (χ1v) is 9.56. The molecule has 1 saturated heterocycles. The number of hydrogen-bond acceptors (Lipinski definition) is 4. The van der Waals surface area contributed by atoms with Crippen molar-refractivity contribution >= 4 is 16.0 Å². The average Bonchev–Trinajstić information content (AvgIpc) is 2.80. The molecule has 1 heterocycles. The van der Waals surface area contributed by atoms with Crippen LogP contribution in [0.1, 0.15) is 24.8 Å². The monoisotopic (exact) mass is 394 g/mol. The Labute approximate surface area is 150 Å². The second-order valence-corrected chi connectivity index (χ2v) is 8.20. The Hall–Kier alpha value is -1.65. The van der Waals surface area contributed by atoms with Crippen molar-refractivity contribution in [2.24, 2.45) is 0 Å². The lowest BCUT2D eigenvalue weighted by Crippen LogP contribution is -2.37. The fraction of sp³-hybridized carbons (Fsp3) is 0.562. The summed E-state index contributed by atoms with van der Waals surface area (Å²) < 4.78 is 66.1. The summed E-state index contributed by atoms with van der Waals surface area (Å²) >= 11 is 0. The zero-order chi connectivity index (χ0) is 19.5. The van der Waals surface area contributed by atoms with Gasteiger partial charge in [0.15, 0.2) is 0 Å². The van der Waals surface area contributed by atoms with Crippen molar-refractivity contribution in [3.05, 3.63) is 29.8 Å². The highest BCUT2D eigenvalue weighted by atomic mass is 32.2. The van der Waals surface area contributed by atoms with Gasteiger partial charge in [0.2, 0.25) is 10.0 Å². The van der Waals surface area contributed by atoms with Crippen LogP contribution in [-0.2, 0) is 21.0 Å². The van der Waals surface area contributed by atoms with Crippen molar-refractivity contribution < 1.29 is 31.5 Å². The largest absolute Gasteiger partial charge is 0.480 e. The van der Waals surface area contributed by atoms with Gasteiger partial charge in [-0.1, -0.05) is 12.1 Å². The molecular weight excluding hydrogens is 373 g/mol. The van der Waals surface area contributed by atoms with Crippen LogP contribution in [0.4, 0.5) is 13.2 Å². The summed E-state index contributed by atoms with van der Waals surface area (Å²) in [7, 11) is -2.65. The maximum atomic E-state index is 13.2. The molecule has 0 saturated carbocycles. The predicted octanol–water partition coefficient (Wildman–Crippen LogP) is 2.27. The van der Waals surface area contributed by atoms with E-state index >= 15 is 0 Å². The van der Waals surface area contributed by atoms with Crippen molar-refractivity contribution in [1.82, 2.24) is 9.21 Å². The first-order chi connectivity index (χ1) is 12.0. The topological polar surface area (TPSA) is 77.9 Å². The van der Waals surface area contributed by atoms with Gasteiger partial charge in [-0.3, -0.25) is 9.69 Å². The third-order valence-corrected chi connectivity index (χ3v) is 6.43. The smallest absolute Gasteiger partial charge is 0.417 e. The molecule has 6 nitrogen and oxygen atoms in total. The highest BCUT2D eigenvalue weighted by molar-refractivity contribution is 7.89. The summed E-state index contributed by atoms with van der Waals surface area (Å²) in [5, 5.41) is 8.87. The normalized spacial score (nSPS) is 20.1. The van der Waals surface area contributed by atoms with Crippen LogP contribution in [0.5, 0.6) is 0 Å². The van der Waals surface area contributed by atoms with E-state index < -0.39 is 32.6 Å². The zero-order valence-corrected chi connectivity index (χ0v) is 15.1. The molecule has 10 heteroatoms. The third-order valence-electron chi connectivity index (χ3n) is 4.47. The van der Waals surface area contributed by atoms with Gasteiger partial charge in [-0.15, -0.1) is 0 Å². The van der Waals surface area contributed by atoms with Gasteiger partial charge in [0.25, 0.3) is 0 Å². The lowest BCUT2D eigenvalue weighted by molar-refractivity contribution is -0.140. The van der Waals surface area contributed by atoms with Gasteiger partial charge in [-0.05, 0) is 38.4 Å². The minimum absolute atomic E-state index is 0.0448. The molecule has 1 N–H and O–H groups in total. The van der Waals surface area contributed by atoms with Crippen LogP contribution in [0.15, 0.2) is 29.2 Å². The Morgan fingerprint density at radius 1 is 1.27 bits per heavy atom. The van der Waals surface area contributed by atoms with Crippen molar-refractivity contribution in [3.8, 4) is 0 Å². The second kappa shape index (κ2) is 7.93. The molecule has 1 atom stereocenters. The highest BCUT2D eigenvalue weighted by Gasteiger charge is 2.39. The second-order valence-electron chi connectivity index (χ2n) is 6.29. The molecule has 0 spiro atoms. The quantitative estimate of drug-likeness (QED) is 0.829. The number of carbonyl (C=O) groups is 1. The summed E-state index contributed by atoms with van der Waals surface area (Å²) in [5.41, 5.74) is -1.18. The molecule has 0 aliphatic carbocycles. The van der Waals surface area contributed by atoms with Gasteiger partial charge in [-0.2, -0.15) is 17.5 Å². The number of rotatable bonds is 5. The van der Waals surface area contributed by atoms with Gasteiger partial charge >= 0.3 is 12.1 Å². The van der Waals surface area contributed by atoms with Gasteiger partial charge in [-0.25, -0.2) is 8.42 Å². The molecule has 146 valence electrons. The number of alkyl halides is 3. The van der Waals surface area contributed by atoms with Crippen LogP contribution in [0.2, 0.25) is 0 Å². The third kappa shape index (κ3) is 4.74. The van der Waals surface area contributed by atoms with Gasteiger partial charge < -0.3 is 5.11 Å². The predicted molar refractivity (Wildman–Crippen MR) is 88.1 cm³/mol. The molecule has 0 amide bonds. The zero-order valence-electron chi connectivity index (χ0n) is 14.2. The SMILES string of the molecule is CN(CC(=O)O)C1CCCN(S(=O)(=O)c2ccccc2C(F)(F)F)CC1. The van der Waals surface area contributed by atoms with E-state index in [1.807, 2.05) is 0 Å². The number of nitrogens with zero attached hydrogens (tertiary/aromatic N) is 2. The van der Waals surface area contributed by atoms with Crippen LogP contribution in [0, 0.1) is 0 Å². The van der Waals surface area contributed by atoms with E-state index in [1.54, 1.807) is 11.9 Å². The minimum atomic E-state index is -4.76. The molecule has 1 aliphatic rings. The summed E-state index contributed by atoms with van der Waals surface area (Å²) in [6, 6.07) is 4.01. The molecule has 1 fully saturated rings. The maximum absolute atomic E-state index is 13.2. The lowest BCUT2D eigenvalue weighted by atomic mass is 10.1. The molecule has 26 heavy (non-hydrogen) atoms. The number of hydrogen-bond donors (Lipinski definition) is 1. The maximum Gasteiger partial charge on any atom is 0.417 e. The van der Waals surface area contributed by atoms with E-state index in [1.165, 1.54) is 6.07 Å². The number of carboxylic acid groups (broad SMARTS) is 1. The fourth-order valence-electron chi connectivity index (χ4n) is 3.14. The average molecular weight is 394 g/mol. The van der Waals surface area contributed by atoms with Crippen LogP contribution in [-0.4, -0.2) is 61.4 Å². The summed E-state index contributed by atoms with van der Waals surface area (Å²) in [6.07, 6.45) is -3.38. The van der Waals surface area contributed by atoms with Crippen LogP contribution in [0.25, 0.3) is 0 Å². The molecule has 1 aromatic carbocycles. The number of carboxylic acids is 1. The fourth-order valence-corrected chi connectivity index (χ4v) is 4.85. The molecule has 0 aromatic heterocycles. The van der Waals surface area contributed by atoms with E-state index in [-0.39, 0.29) is 25.7 Å². The van der Waals surface area contributed by atoms with Crippen molar-refractivity contribution in [1.29, 1.82) is 0 Å². The molecule has 2 rings (SSSR count). The number of halogens is 3. The Bertz CT molecular complexity index is 752. The molecule has 1 unspecified atom stereocenters. The van der Waals surface area contributed by atoms with E-state index in [0.717, 1.165) is 22.5 Å². The van der Waals surface area contributed by atoms with Gasteiger partial charge in [0.1, 0.15) is 0 Å². The van der Waals surface area contributed by atoms with E-state index in [4.69, 9.17) is 5.11 Å². The standard InChI is InChI=1S/C16H21F3N2O4S/c1-20(11-15(22)23)12-5-4-9-21(10-8-12)26(24,25)14-7-3-2-6-13(14)16(17,18)19/h2-3,6-7,12H,4-5,8-11H2,1H3,(H,22,23). The van der Waals surface area contributed by atoms with Gasteiger partial charge in [0.05, 0.1) is 17.0 Å². The van der Waals surface area contributed by atoms with E-state index in [9.17, 15) is 26.4 Å². The Kier molecular flexibility index (Phi) is 6.30. The van der Waals surface area contributed by atoms with Crippen LogP contribution >= 0.6 is 0 Å². The summed E-state index contributed by atoms with van der Waals surface area (Å²) in [4.78, 5) is 11.7. The number of likely N-dealkylation sites (N-methyl/N-ethyl adjacent to an activating group) is 1. The Balaban J connectivity index is 2.22. The molecule has 0 bridgehead atoms. The Morgan fingerprint density at radius 3 is 2.54 bits per heavy atom. The number of benzene rings is 1. The van der Waals surface area contributed by atoms with Crippen LogP contribution in [0.3, 0.4) is 0 Å². The first kappa shape index (κ1) is 20.7.